The molecule has 1 aromatic rings. The first-order valence-corrected chi connectivity index (χ1v) is 7.37. The van der Waals surface area contributed by atoms with Crippen molar-refractivity contribution in [2.24, 2.45) is 0 Å². The molecule has 0 radical (unpaired) electrons. The summed E-state index contributed by atoms with van der Waals surface area (Å²) in [7, 11) is 0. The van der Waals surface area contributed by atoms with Crippen LogP contribution in [0.25, 0.3) is 0 Å². The van der Waals surface area contributed by atoms with Gasteiger partial charge in [-0.15, -0.1) is 0 Å². The number of aliphatic hydroxyl groups is 1. The summed E-state index contributed by atoms with van der Waals surface area (Å²) in [6.45, 7) is 0.179. The van der Waals surface area contributed by atoms with E-state index in [2.05, 4.69) is 4.98 Å². The maximum Gasteiger partial charge on any atom is 0.389 e. The summed E-state index contributed by atoms with van der Waals surface area (Å²) in [5.41, 5.74) is -1.56. The maximum atomic E-state index is 12.3. The number of rotatable bonds is 4. The molecule has 0 spiro atoms. The number of carboxylic acid groups (broad SMARTS) is 1. The lowest BCUT2D eigenvalue weighted by Gasteiger charge is -2.38. The summed E-state index contributed by atoms with van der Waals surface area (Å²) in [5, 5.41) is 19.1. The summed E-state index contributed by atoms with van der Waals surface area (Å²) in [4.78, 5) is 28.4. The molecule has 2 heterocycles. The summed E-state index contributed by atoms with van der Waals surface area (Å²) in [6, 6.07) is 2.40. The second-order valence-corrected chi connectivity index (χ2v) is 5.87. The van der Waals surface area contributed by atoms with Gasteiger partial charge in [-0.3, -0.25) is 9.78 Å². The Hall–Kier alpha value is -2.16. The maximum absolute atomic E-state index is 12.3. The highest BCUT2D eigenvalue weighted by molar-refractivity contribution is 5.95. The minimum atomic E-state index is -4.33. The van der Waals surface area contributed by atoms with Crippen molar-refractivity contribution in [3.63, 3.8) is 0 Å². The average Bonchev–Trinajstić information content (AvgIpc) is 2.53. The van der Waals surface area contributed by atoms with Gasteiger partial charge in [0, 0.05) is 25.7 Å². The highest BCUT2D eigenvalue weighted by Crippen LogP contribution is 2.32. The summed E-state index contributed by atoms with van der Waals surface area (Å²) in [5.74, 6) is -1.69. The molecule has 132 valence electrons. The standard InChI is InChI=1S/C15H17F3N2O4/c16-15(17,18)3-2-14(24)4-7-20(8-5-14)12(21)11-9-10(13(22)23)1-6-19-11/h1,6,9,24H,2-5,7-8H2,(H,22,23). The van der Waals surface area contributed by atoms with Gasteiger partial charge < -0.3 is 15.1 Å². The zero-order valence-electron chi connectivity index (χ0n) is 12.7. The zero-order chi connectivity index (χ0) is 18.0. The van der Waals surface area contributed by atoms with Gasteiger partial charge in [-0.25, -0.2) is 4.79 Å². The van der Waals surface area contributed by atoms with Crippen LogP contribution in [0.1, 0.15) is 46.5 Å². The number of carboxylic acids is 1. The second kappa shape index (κ2) is 6.76. The van der Waals surface area contributed by atoms with E-state index in [9.17, 15) is 27.9 Å². The van der Waals surface area contributed by atoms with Crippen molar-refractivity contribution in [3.05, 3.63) is 29.6 Å². The molecule has 1 amide bonds. The number of halogens is 3. The topological polar surface area (TPSA) is 90.7 Å². The van der Waals surface area contributed by atoms with Crippen molar-refractivity contribution < 1.29 is 33.0 Å². The fourth-order valence-corrected chi connectivity index (χ4v) is 2.59. The molecular formula is C15H17F3N2O4. The number of pyridine rings is 1. The van der Waals surface area contributed by atoms with E-state index in [-0.39, 0.29) is 37.2 Å². The Morgan fingerprint density at radius 3 is 2.46 bits per heavy atom. The summed E-state index contributed by atoms with van der Waals surface area (Å²) >= 11 is 0. The molecule has 1 fully saturated rings. The molecule has 6 nitrogen and oxygen atoms in total. The Morgan fingerprint density at radius 1 is 1.29 bits per heavy atom. The van der Waals surface area contributed by atoms with Crippen molar-refractivity contribution in [1.82, 2.24) is 9.88 Å². The molecule has 1 aromatic heterocycles. The average molecular weight is 346 g/mol. The van der Waals surface area contributed by atoms with Crippen LogP contribution < -0.4 is 0 Å². The van der Waals surface area contributed by atoms with E-state index in [0.29, 0.717) is 0 Å². The number of likely N-dealkylation sites (tertiary alicyclic amines) is 1. The quantitative estimate of drug-likeness (QED) is 0.871. The molecule has 2 N–H and O–H groups in total. The molecular weight excluding hydrogens is 329 g/mol. The molecule has 1 aliphatic heterocycles. The van der Waals surface area contributed by atoms with Crippen LogP contribution in [-0.2, 0) is 0 Å². The molecule has 2 rings (SSSR count). The lowest BCUT2D eigenvalue weighted by molar-refractivity contribution is -0.150. The highest BCUT2D eigenvalue weighted by Gasteiger charge is 2.38. The Bertz CT molecular complexity index is 625. The van der Waals surface area contributed by atoms with E-state index < -0.39 is 36.5 Å². The minimum absolute atomic E-state index is 0.0352. The number of carbonyl (C=O) groups is 2. The zero-order valence-corrected chi connectivity index (χ0v) is 12.7. The number of piperidine rings is 1. The predicted octanol–water partition coefficient (Wildman–Crippen LogP) is 2.09. The molecule has 1 aliphatic rings. The van der Waals surface area contributed by atoms with Gasteiger partial charge >= 0.3 is 12.1 Å². The van der Waals surface area contributed by atoms with E-state index in [4.69, 9.17) is 5.11 Å². The molecule has 0 aromatic carbocycles. The Balaban J connectivity index is 1.98. The predicted molar refractivity (Wildman–Crippen MR) is 76.6 cm³/mol. The van der Waals surface area contributed by atoms with E-state index in [1.165, 1.54) is 17.2 Å². The molecule has 9 heteroatoms. The van der Waals surface area contributed by atoms with Crippen LogP contribution in [-0.4, -0.2) is 56.8 Å². The van der Waals surface area contributed by atoms with Gasteiger partial charge in [0.2, 0.25) is 0 Å². The van der Waals surface area contributed by atoms with Crippen LogP contribution in [0.15, 0.2) is 18.3 Å². The highest BCUT2D eigenvalue weighted by atomic mass is 19.4. The van der Waals surface area contributed by atoms with Gasteiger partial charge in [0.05, 0.1) is 11.2 Å². The van der Waals surface area contributed by atoms with Crippen LogP contribution in [0.5, 0.6) is 0 Å². The van der Waals surface area contributed by atoms with E-state index >= 15 is 0 Å². The molecule has 0 aliphatic carbocycles. The number of nitrogens with zero attached hydrogens (tertiary/aromatic N) is 2. The number of carbonyl (C=O) groups excluding carboxylic acids is 1. The number of alkyl halides is 3. The van der Waals surface area contributed by atoms with E-state index in [1.807, 2.05) is 0 Å². The van der Waals surface area contributed by atoms with Crippen LogP contribution in [0.3, 0.4) is 0 Å². The van der Waals surface area contributed by atoms with Gasteiger partial charge in [0.1, 0.15) is 5.69 Å². The van der Waals surface area contributed by atoms with Crippen LogP contribution in [0, 0.1) is 0 Å². The van der Waals surface area contributed by atoms with Crippen LogP contribution in [0.4, 0.5) is 13.2 Å². The normalized spacial score (nSPS) is 17.6. The summed E-state index contributed by atoms with van der Waals surface area (Å²) in [6.07, 6.45) is -4.52. The van der Waals surface area contributed by atoms with Gasteiger partial charge in [0.25, 0.3) is 5.91 Å². The first kappa shape index (κ1) is 18.2. The molecule has 0 bridgehead atoms. The van der Waals surface area contributed by atoms with Crippen molar-refractivity contribution in [2.75, 3.05) is 13.1 Å². The number of aromatic carboxylic acids is 1. The molecule has 0 atom stereocenters. The Morgan fingerprint density at radius 2 is 1.92 bits per heavy atom. The van der Waals surface area contributed by atoms with Gasteiger partial charge in [-0.1, -0.05) is 0 Å². The van der Waals surface area contributed by atoms with Gasteiger partial charge in [-0.05, 0) is 31.4 Å². The fraction of sp³-hybridized carbons (Fsp3) is 0.533. The molecule has 24 heavy (non-hydrogen) atoms. The first-order valence-electron chi connectivity index (χ1n) is 7.37. The minimum Gasteiger partial charge on any atom is -0.478 e. The third-order valence-corrected chi connectivity index (χ3v) is 4.08. The summed E-state index contributed by atoms with van der Waals surface area (Å²) < 4.78 is 36.8. The largest absolute Gasteiger partial charge is 0.478 e. The van der Waals surface area contributed by atoms with Gasteiger partial charge in [-0.2, -0.15) is 13.2 Å². The Labute approximate surface area is 135 Å². The van der Waals surface area contributed by atoms with Crippen molar-refractivity contribution >= 4 is 11.9 Å². The lowest BCUT2D eigenvalue weighted by atomic mass is 9.87. The fourth-order valence-electron chi connectivity index (χ4n) is 2.59. The molecule has 1 saturated heterocycles. The first-order chi connectivity index (χ1) is 11.1. The third-order valence-electron chi connectivity index (χ3n) is 4.08. The number of hydrogen-bond donors (Lipinski definition) is 2. The molecule has 0 saturated carbocycles. The van der Waals surface area contributed by atoms with Crippen LogP contribution in [0.2, 0.25) is 0 Å². The number of aromatic nitrogens is 1. The van der Waals surface area contributed by atoms with E-state index in [1.54, 1.807) is 0 Å². The van der Waals surface area contributed by atoms with E-state index in [0.717, 1.165) is 6.07 Å². The molecule has 0 unspecified atom stereocenters. The number of hydrogen-bond acceptors (Lipinski definition) is 4. The monoisotopic (exact) mass is 346 g/mol. The van der Waals surface area contributed by atoms with Gasteiger partial charge in [0.15, 0.2) is 0 Å². The Kier molecular flexibility index (Phi) is 5.12. The van der Waals surface area contributed by atoms with Crippen molar-refractivity contribution in [3.8, 4) is 0 Å². The third kappa shape index (κ3) is 4.67. The smallest absolute Gasteiger partial charge is 0.389 e. The lowest BCUT2D eigenvalue weighted by Crippen LogP contribution is -2.47. The number of amides is 1. The van der Waals surface area contributed by atoms with Crippen LogP contribution >= 0.6 is 0 Å². The van der Waals surface area contributed by atoms with Crippen molar-refractivity contribution in [2.45, 2.75) is 37.5 Å². The SMILES string of the molecule is O=C(O)c1ccnc(C(=O)N2CCC(O)(CCC(F)(F)F)CC2)c1. The van der Waals surface area contributed by atoms with Crippen molar-refractivity contribution in [1.29, 1.82) is 0 Å². The second-order valence-electron chi connectivity index (χ2n) is 5.87.